The molecule has 7 heteroatoms. The second-order valence-electron chi connectivity index (χ2n) is 4.08. The molecule has 0 bridgehead atoms. The summed E-state index contributed by atoms with van der Waals surface area (Å²) in [6.45, 7) is 2.54. The van der Waals surface area contributed by atoms with E-state index in [2.05, 4.69) is 30.1 Å². The molecule has 0 aliphatic heterocycles. The first kappa shape index (κ1) is 11.8. The molecule has 0 unspecified atom stereocenters. The summed E-state index contributed by atoms with van der Waals surface area (Å²) in [6.07, 6.45) is 0. The Morgan fingerprint density at radius 2 is 2.32 bits per heavy atom. The Balaban J connectivity index is 1.76. The Hall–Kier alpha value is -2.28. The number of aryl methyl sites for hydroxylation is 1. The van der Waals surface area contributed by atoms with Gasteiger partial charge in [-0.15, -0.1) is 5.10 Å². The number of anilines is 1. The van der Waals surface area contributed by atoms with Gasteiger partial charge in [-0.3, -0.25) is 5.10 Å². The summed E-state index contributed by atoms with van der Waals surface area (Å²) < 4.78 is 3.83. The second kappa shape index (κ2) is 5.15. The topological polar surface area (TPSA) is 79.4 Å². The van der Waals surface area contributed by atoms with E-state index in [1.54, 1.807) is 0 Å². The fourth-order valence-electron chi connectivity index (χ4n) is 1.69. The maximum absolute atomic E-state index is 4.32. The molecule has 2 aromatic heterocycles. The first-order valence-electron chi connectivity index (χ1n) is 5.80. The molecule has 3 rings (SSSR count). The van der Waals surface area contributed by atoms with Crippen LogP contribution in [-0.4, -0.2) is 24.8 Å². The van der Waals surface area contributed by atoms with Crippen molar-refractivity contribution in [1.29, 1.82) is 0 Å². The van der Waals surface area contributed by atoms with E-state index in [0.717, 1.165) is 22.8 Å². The van der Waals surface area contributed by atoms with Crippen LogP contribution in [0.15, 0.2) is 29.6 Å². The maximum atomic E-state index is 4.32. The number of hydrogen-bond donors (Lipinski definition) is 2. The minimum Gasteiger partial charge on any atom is -0.379 e. The van der Waals surface area contributed by atoms with Gasteiger partial charge in [0.05, 0.1) is 12.2 Å². The highest BCUT2D eigenvalue weighted by Crippen LogP contribution is 2.19. The van der Waals surface area contributed by atoms with Crippen molar-refractivity contribution in [2.45, 2.75) is 13.5 Å². The molecule has 0 atom stereocenters. The van der Waals surface area contributed by atoms with Crippen LogP contribution in [0.25, 0.3) is 11.4 Å². The van der Waals surface area contributed by atoms with E-state index in [9.17, 15) is 0 Å². The quantitative estimate of drug-likeness (QED) is 0.761. The van der Waals surface area contributed by atoms with E-state index < -0.39 is 0 Å². The highest BCUT2D eigenvalue weighted by Gasteiger charge is 2.04. The lowest BCUT2D eigenvalue weighted by atomic mass is 10.2. The van der Waals surface area contributed by atoms with E-state index in [-0.39, 0.29) is 0 Å². The minimum atomic E-state index is 0.660. The summed E-state index contributed by atoms with van der Waals surface area (Å²) >= 11 is 1.35. The number of H-pyrrole nitrogens is 1. The third-order valence-electron chi connectivity index (χ3n) is 2.60. The fourth-order valence-corrected chi connectivity index (χ4v) is 2.14. The van der Waals surface area contributed by atoms with Gasteiger partial charge in [-0.05, 0) is 30.6 Å². The number of nitrogens with one attached hydrogen (secondary N) is 2. The molecule has 0 spiro atoms. The number of hydrogen-bond acceptors (Lipinski definition) is 6. The molecule has 0 radical (unpaired) electrons. The Kier molecular flexibility index (Phi) is 3.20. The predicted molar refractivity (Wildman–Crippen MR) is 73.8 cm³/mol. The van der Waals surface area contributed by atoms with Gasteiger partial charge in [0.1, 0.15) is 5.82 Å². The summed E-state index contributed by atoms with van der Waals surface area (Å²) in [5, 5.41) is 16.2. The van der Waals surface area contributed by atoms with Gasteiger partial charge in [0.2, 0.25) is 0 Å². The first-order chi connectivity index (χ1) is 9.31. The van der Waals surface area contributed by atoms with E-state index in [1.807, 2.05) is 36.6 Å². The van der Waals surface area contributed by atoms with E-state index in [1.165, 1.54) is 11.5 Å². The van der Waals surface area contributed by atoms with Gasteiger partial charge < -0.3 is 5.32 Å². The van der Waals surface area contributed by atoms with Crippen LogP contribution in [0.2, 0.25) is 0 Å². The van der Waals surface area contributed by atoms with Gasteiger partial charge in [-0.2, -0.15) is 5.10 Å². The Bertz CT molecular complexity index is 660. The number of benzene rings is 1. The molecule has 0 saturated heterocycles. The second-order valence-corrected chi connectivity index (χ2v) is 4.68. The number of nitrogens with zero attached hydrogens (tertiary/aromatic N) is 4. The van der Waals surface area contributed by atoms with Crippen molar-refractivity contribution >= 4 is 17.2 Å². The monoisotopic (exact) mass is 272 g/mol. The third kappa shape index (κ3) is 2.76. The zero-order valence-corrected chi connectivity index (χ0v) is 11.1. The third-order valence-corrected chi connectivity index (χ3v) is 3.15. The van der Waals surface area contributed by atoms with Gasteiger partial charge in [0.25, 0.3) is 0 Å². The molecule has 0 amide bonds. The average molecular weight is 272 g/mol. The number of aromatic nitrogens is 5. The molecule has 6 nitrogen and oxygen atoms in total. The predicted octanol–water partition coefficient (Wildman–Crippen LogP) is 2.24. The summed E-state index contributed by atoms with van der Waals surface area (Å²) in [7, 11) is 0. The molecular formula is C12H12N6S. The van der Waals surface area contributed by atoms with Gasteiger partial charge in [0.15, 0.2) is 5.82 Å². The fraction of sp³-hybridized carbons (Fsp3) is 0.167. The number of aromatic amines is 1. The van der Waals surface area contributed by atoms with Crippen molar-refractivity contribution < 1.29 is 0 Å². The van der Waals surface area contributed by atoms with Crippen LogP contribution >= 0.6 is 11.5 Å². The molecule has 2 heterocycles. The SMILES string of the molecule is Cc1nc(-c2cccc(NCc3csnn3)c2)n[nH]1. The van der Waals surface area contributed by atoms with Crippen molar-refractivity contribution in [3.05, 3.63) is 41.2 Å². The van der Waals surface area contributed by atoms with Gasteiger partial charge in [-0.1, -0.05) is 16.6 Å². The molecule has 2 N–H and O–H groups in total. The molecule has 0 aliphatic rings. The average Bonchev–Trinajstić information content (AvgIpc) is 3.08. The Morgan fingerprint density at radius 1 is 1.37 bits per heavy atom. The van der Waals surface area contributed by atoms with E-state index in [4.69, 9.17) is 0 Å². The first-order valence-corrected chi connectivity index (χ1v) is 6.64. The normalized spacial score (nSPS) is 10.6. The van der Waals surface area contributed by atoms with Crippen LogP contribution in [0.4, 0.5) is 5.69 Å². The van der Waals surface area contributed by atoms with E-state index >= 15 is 0 Å². The molecule has 96 valence electrons. The van der Waals surface area contributed by atoms with Crippen LogP contribution in [-0.2, 0) is 6.54 Å². The van der Waals surface area contributed by atoms with Gasteiger partial charge >= 0.3 is 0 Å². The van der Waals surface area contributed by atoms with Crippen LogP contribution in [0.3, 0.4) is 0 Å². The standard InChI is InChI=1S/C12H12N6S/c1-8-14-12(17-15-8)9-3-2-4-10(5-9)13-6-11-7-19-18-16-11/h2-5,7,13H,6H2,1H3,(H,14,15,17). The highest BCUT2D eigenvalue weighted by atomic mass is 32.1. The van der Waals surface area contributed by atoms with Crippen LogP contribution in [0.1, 0.15) is 11.5 Å². The van der Waals surface area contributed by atoms with E-state index in [0.29, 0.717) is 12.4 Å². The maximum Gasteiger partial charge on any atom is 0.181 e. The van der Waals surface area contributed by atoms with Crippen LogP contribution < -0.4 is 5.32 Å². The highest BCUT2D eigenvalue weighted by molar-refractivity contribution is 7.03. The summed E-state index contributed by atoms with van der Waals surface area (Å²) in [5.74, 6) is 1.51. The smallest absolute Gasteiger partial charge is 0.181 e. The molecular weight excluding hydrogens is 260 g/mol. The number of rotatable bonds is 4. The Labute approximate surface area is 114 Å². The molecule has 19 heavy (non-hydrogen) atoms. The van der Waals surface area contributed by atoms with Crippen LogP contribution in [0.5, 0.6) is 0 Å². The largest absolute Gasteiger partial charge is 0.379 e. The zero-order valence-electron chi connectivity index (χ0n) is 10.3. The molecule has 0 fully saturated rings. The lowest BCUT2D eigenvalue weighted by molar-refractivity contribution is 0.999. The molecule has 0 saturated carbocycles. The Morgan fingerprint density at radius 3 is 3.05 bits per heavy atom. The van der Waals surface area contributed by atoms with Crippen molar-refractivity contribution in [3.8, 4) is 11.4 Å². The van der Waals surface area contributed by atoms with Crippen molar-refractivity contribution in [3.63, 3.8) is 0 Å². The van der Waals surface area contributed by atoms with Crippen molar-refractivity contribution in [2.24, 2.45) is 0 Å². The van der Waals surface area contributed by atoms with Gasteiger partial charge in [0, 0.05) is 16.6 Å². The molecule has 0 aliphatic carbocycles. The van der Waals surface area contributed by atoms with Crippen molar-refractivity contribution in [1.82, 2.24) is 24.8 Å². The van der Waals surface area contributed by atoms with Gasteiger partial charge in [-0.25, -0.2) is 4.98 Å². The molecule has 3 aromatic rings. The summed E-state index contributed by atoms with van der Waals surface area (Å²) in [6, 6.07) is 7.98. The minimum absolute atomic E-state index is 0.660. The molecule has 1 aromatic carbocycles. The summed E-state index contributed by atoms with van der Waals surface area (Å²) in [5.41, 5.74) is 2.92. The summed E-state index contributed by atoms with van der Waals surface area (Å²) in [4.78, 5) is 4.32. The lowest BCUT2D eigenvalue weighted by Crippen LogP contribution is -1.99. The lowest BCUT2D eigenvalue weighted by Gasteiger charge is -2.05. The van der Waals surface area contributed by atoms with Crippen molar-refractivity contribution in [2.75, 3.05) is 5.32 Å². The van der Waals surface area contributed by atoms with Crippen LogP contribution in [0, 0.1) is 6.92 Å². The zero-order chi connectivity index (χ0) is 13.1.